The molecular weight excluding hydrogens is 280 g/mol. The maximum absolute atomic E-state index is 12.2. The fourth-order valence-corrected chi connectivity index (χ4v) is 3.33. The zero-order valence-corrected chi connectivity index (χ0v) is 13.3. The molecule has 22 heavy (non-hydrogen) atoms. The van der Waals surface area contributed by atoms with Crippen LogP contribution in [-0.4, -0.2) is 50.8 Å². The largest absolute Gasteiger partial charge is 0.381 e. The van der Waals surface area contributed by atoms with Gasteiger partial charge < -0.3 is 20.3 Å². The van der Waals surface area contributed by atoms with Crippen molar-refractivity contribution in [2.75, 3.05) is 38.8 Å². The number of pyridine rings is 1. The van der Waals surface area contributed by atoms with E-state index < -0.39 is 0 Å². The molecular formula is C16H24N4O2. The number of aromatic nitrogens is 1. The molecule has 0 radical (unpaired) electrons. The topological polar surface area (TPSA) is 66.5 Å². The van der Waals surface area contributed by atoms with Crippen LogP contribution in [0.1, 0.15) is 18.4 Å². The van der Waals surface area contributed by atoms with E-state index in [-0.39, 0.29) is 17.4 Å². The molecule has 1 amide bonds. The summed E-state index contributed by atoms with van der Waals surface area (Å²) < 4.78 is 5.46. The number of carbonyl (C=O) groups excluding carboxylic acids is 1. The summed E-state index contributed by atoms with van der Waals surface area (Å²) in [6.07, 6.45) is 3.68. The van der Waals surface area contributed by atoms with Crippen LogP contribution in [0.25, 0.3) is 0 Å². The number of amides is 1. The van der Waals surface area contributed by atoms with Gasteiger partial charge in [0.25, 0.3) is 0 Å². The molecule has 2 aliphatic heterocycles. The molecule has 2 N–H and O–H groups in total. The Kier molecular flexibility index (Phi) is 4.31. The van der Waals surface area contributed by atoms with Crippen molar-refractivity contribution >= 4 is 11.7 Å². The second-order valence-corrected chi connectivity index (χ2v) is 6.42. The first-order valence-corrected chi connectivity index (χ1v) is 7.82. The molecule has 6 heteroatoms. The molecule has 0 saturated carbocycles. The normalized spacial score (nSPS) is 23.5. The average Bonchev–Trinajstić information content (AvgIpc) is 2.82. The summed E-state index contributed by atoms with van der Waals surface area (Å²) in [7, 11) is 3.95. The number of anilines is 1. The second kappa shape index (κ2) is 6.22. The van der Waals surface area contributed by atoms with Crippen LogP contribution in [0.2, 0.25) is 0 Å². The SMILES string of the molecule is CN(C)c1cc(CNC2C(=O)NCC23CCOCC3)ccn1. The zero-order valence-electron chi connectivity index (χ0n) is 13.3. The highest BCUT2D eigenvalue weighted by Gasteiger charge is 2.48. The van der Waals surface area contributed by atoms with E-state index in [0.29, 0.717) is 6.54 Å². The predicted octanol–water partition coefficient (Wildman–Crippen LogP) is 0.532. The van der Waals surface area contributed by atoms with Gasteiger partial charge in [-0.2, -0.15) is 0 Å². The summed E-state index contributed by atoms with van der Waals surface area (Å²) in [4.78, 5) is 18.5. The smallest absolute Gasteiger partial charge is 0.237 e. The molecule has 1 unspecified atom stereocenters. The standard InChI is InChI=1S/C16H24N4O2/c1-20(2)13-9-12(3-6-17-13)10-18-14-15(21)19-11-16(14)4-7-22-8-5-16/h3,6,9,14,18H,4-5,7-8,10-11H2,1-2H3,(H,19,21). The minimum absolute atomic E-state index is 0.00669. The molecule has 3 heterocycles. The second-order valence-electron chi connectivity index (χ2n) is 6.42. The van der Waals surface area contributed by atoms with Crippen molar-refractivity contribution in [2.24, 2.45) is 5.41 Å². The van der Waals surface area contributed by atoms with E-state index >= 15 is 0 Å². The number of rotatable bonds is 4. The van der Waals surface area contributed by atoms with Gasteiger partial charge in [0.05, 0.1) is 6.04 Å². The molecule has 2 fully saturated rings. The zero-order chi connectivity index (χ0) is 15.6. The van der Waals surface area contributed by atoms with Gasteiger partial charge in [-0.3, -0.25) is 4.79 Å². The van der Waals surface area contributed by atoms with Crippen molar-refractivity contribution in [3.05, 3.63) is 23.9 Å². The number of nitrogens with zero attached hydrogens (tertiary/aromatic N) is 2. The van der Waals surface area contributed by atoms with Crippen LogP contribution in [0, 0.1) is 5.41 Å². The number of nitrogens with one attached hydrogen (secondary N) is 2. The molecule has 0 aromatic carbocycles. The third-order valence-electron chi connectivity index (χ3n) is 4.76. The van der Waals surface area contributed by atoms with Crippen molar-refractivity contribution in [1.82, 2.24) is 15.6 Å². The fraction of sp³-hybridized carbons (Fsp3) is 0.625. The third-order valence-corrected chi connectivity index (χ3v) is 4.76. The van der Waals surface area contributed by atoms with Crippen LogP contribution in [0.3, 0.4) is 0 Å². The first-order valence-electron chi connectivity index (χ1n) is 7.82. The van der Waals surface area contributed by atoms with Crippen LogP contribution < -0.4 is 15.5 Å². The first-order chi connectivity index (χ1) is 10.6. The first kappa shape index (κ1) is 15.2. The molecule has 2 saturated heterocycles. The van der Waals surface area contributed by atoms with Crippen molar-refractivity contribution in [2.45, 2.75) is 25.4 Å². The van der Waals surface area contributed by atoms with Gasteiger partial charge in [0.2, 0.25) is 5.91 Å². The van der Waals surface area contributed by atoms with Gasteiger partial charge in [-0.1, -0.05) is 0 Å². The van der Waals surface area contributed by atoms with Gasteiger partial charge in [-0.15, -0.1) is 0 Å². The lowest BCUT2D eigenvalue weighted by Gasteiger charge is -2.36. The molecule has 2 aliphatic rings. The van der Waals surface area contributed by atoms with Crippen LogP contribution >= 0.6 is 0 Å². The Morgan fingerprint density at radius 3 is 2.95 bits per heavy atom. The highest BCUT2D eigenvalue weighted by molar-refractivity contribution is 5.85. The van der Waals surface area contributed by atoms with E-state index in [1.165, 1.54) is 0 Å². The van der Waals surface area contributed by atoms with Crippen molar-refractivity contribution < 1.29 is 9.53 Å². The molecule has 1 aromatic heterocycles. The lowest BCUT2D eigenvalue weighted by Crippen LogP contribution is -2.49. The highest BCUT2D eigenvalue weighted by Crippen LogP contribution is 2.37. The maximum atomic E-state index is 12.2. The van der Waals surface area contributed by atoms with Crippen molar-refractivity contribution in [1.29, 1.82) is 0 Å². The summed E-state index contributed by atoms with van der Waals surface area (Å²) in [6.45, 7) is 2.91. The molecule has 0 aliphatic carbocycles. The lowest BCUT2D eigenvalue weighted by molar-refractivity contribution is -0.122. The molecule has 3 rings (SSSR count). The number of carbonyl (C=O) groups is 1. The predicted molar refractivity (Wildman–Crippen MR) is 84.7 cm³/mol. The van der Waals surface area contributed by atoms with E-state index in [0.717, 1.165) is 44.0 Å². The third kappa shape index (κ3) is 2.94. The Balaban J connectivity index is 1.69. The van der Waals surface area contributed by atoms with Gasteiger partial charge in [-0.25, -0.2) is 4.98 Å². The summed E-state index contributed by atoms with van der Waals surface area (Å²) in [5.41, 5.74) is 1.15. The number of hydrogen-bond acceptors (Lipinski definition) is 5. The average molecular weight is 304 g/mol. The van der Waals surface area contributed by atoms with Crippen molar-refractivity contribution in [3.63, 3.8) is 0 Å². The Labute approximate surface area is 131 Å². The van der Waals surface area contributed by atoms with Gasteiger partial charge in [0.15, 0.2) is 0 Å². The van der Waals surface area contributed by atoms with E-state index in [4.69, 9.17) is 4.74 Å². The summed E-state index contributed by atoms with van der Waals surface area (Å²) in [5, 5.41) is 6.48. The van der Waals surface area contributed by atoms with E-state index in [1.54, 1.807) is 0 Å². The van der Waals surface area contributed by atoms with Crippen LogP contribution in [0.15, 0.2) is 18.3 Å². The highest BCUT2D eigenvalue weighted by atomic mass is 16.5. The van der Waals surface area contributed by atoms with Gasteiger partial charge >= 0.3 is 0 Å². The van der Waals surface area contributed by atoms with Gasteiger partial charge in [0, 0.05) is 52.0 Å². The van der Waals surface area contributed by atoms with Crippen LogP contribution in [-0.2, 0) is 16.1 Å². The monoisotopic (exact) mass is 304 g/mol. The summed E-state index contributed by atoms with van der Waals surface area (Å²) >= 11 is 0. The Hall–Kier alpha value is -1.66. The number of hydrogen-bond donors (Lipinski definition) is 2. The maximum Gasteiger partial charge on any atom is 0.237 e. The Morgan fingerprint density at radius 2 is 2.23 bits per heavy atom. The molecule has 1 spiro atoms. The fourth-order valence-electron chi connectivity index (χ4n) is 3.33. The number of ether oxygens (including phenoxy) is 1. The Morgan fingerprint density at radius 1 is 1.45 bits per heavy atom. The van der Waals surface area contributed by atoms with E-state index in [9.17, 15) is 4.79 Å². The van der Waals surface area contributed by atoms with Crippen LogP contribution in [0.4, 0.5) is 5.82 Å². The van der Waals surface area contributed by atoms with Crippen LogP contribution in [0.5, 0.6) is 0 Å². The van der Waals surface area contributed by atoms with Gasteiger partial charge in [0.1, 0.15) is 5.82 Å². The molecule has 120 valence electrons. The summed E-state index contributed by atoms with van der Waals surface area (Å²) in [6, 6.07) is 3.91. The van der Waals surface area contributed by atoms with Crippen molar-refractivity contribution in [3.8, 4) is 0 Å². The molecule has 0 bridgehead atoms. The molecule has 1 atom stereocenters. The lowest BCUT2D eigenvalue weighted by atomic mass is 9.76. The summed E-state index contributed by atoms with van der Waals surface area (Å²) in [5.74, 6) is 1.04. The Bertz CT molecular complexity index is 541. The quantitative estimate of drug-likeness (QED) is 0.849. The van der Waals surface area contributed by atoms with E-state index in [1.807, 2.05) is 31.3 Å². The van der Waals surface area contributed by atoms with Gasteiger partial charge in [-0.05, 0) is 30.5 Å². The minimum Gasteiger partial charge on any atom is -0.381 e. The molecule has 1 aromatic rings. The van der Waals surface area contributed by atoms with E-state index in [2.05, 4.69) is 21.7 Å². The molecule has 6 nitrogen and oxygen atoms in total. The minimum atomic E-state index is -0.132.